The molecule has 0 unspecified atom stereocenters. The van der Waals surface area contributed by atoms with Crippen molar-refractivity contribution in [3.8, 4) is 37.7 Å². The lowest BCUT2D eigenvalue weighted by molar-refractivity contribution is 0.334. The van der Waals surface area contributed by atoms with Crippen LogP contribution in [-0.4, -0.2) is 0 Å². The van der Waals surface area contributed by atoms with Crippen molar-refractivity contribution in [1.29, 1.82) is 15.8 Å². The summed E-state index contributed by atoms with van der Waals surface area (Å²) in [5.74, 6) is 0. The number of hydrogen-bond donors (Lipinski definition) is 0. The SMILES string of the molecule is [C-]#[N+]/C(C#N)=C\c1ccc(C2=Cc3sc4c(c3C23CCCCC3)C2(CCCCC2)c2cc(-c3ccc(C=C(C#N)C#N)s3)sc2-4)s1. The summed E-state index contributed by atoms with van der Waals surface area (Å²) in [6, 6.07) is 16.9. The van der Waals surface area contributed by atoms with Gasteiger partial charge in [-0.2, -0.15) is 10.5 Å². The molecule has 0 amide bonds. The van der Waals surface area contributed by atoms with Crippen LogP contribution < -0.4 is 0 Å². The Balaban J connectivity index is 1.26. The summed E-state index contributed by atoms with van der Waals surface area (Å²) in [5.41, 5.74) is 6.61. The molecule has 0 N–H and O–H groups in total. The van der Waals surface area contributed by atoms with Crippen LogP contribution in [0.2, 0.25) is 0 Å². The van der Waals surface area contributed by atoms with Crippen molar-refractivity contribution in [3.05, 3.63) is 89.2 Å². The van der Waals surface area contributed by atoms with Crippen LogP contribution >= 0.6 is 45.3 Å². The van der Waals surface area contributed by atoms with E-state index in [0.717, 1.165) is 9.75 Å². The topological polar surface area (TPSA) is 75.7 Å². The summed E-state index contributed by atoms with van der Waals surface area (Å²) in [6.45, 7) is 7.32. The van der Waals surface area contributed by atoms with Crippen molar-refractivity contribution in [3.63, 3.8) is 0 Å². The van der Waals surface area contributed by atoms with Gasteiger partial charge in [-0.15, -0.1) is 45.3 Å². The lowest BCUT2D eigenvalue weighted by atomic mass is 9.61. The molecule has 4 aromatic heterocycles. The number of nitrogens with zero attached hydrogens (tertiary/aromatic N) is 4. The number of fused-ring (bicyclic) bond motifs is 8. The first-order valence-corrected chi connectivity index (χ1v) is 19.1. The van der Waals surface area contributed by atoms with Crippen molar-refractivity contribution in [2.24, 2.45) is 0 Å². The molecule has 4 heterocycles. The first-order chi connectivity index (χ1) is 22.5. The van der Waals surface area contributed by atoms with Gasteiger partial charge in [0.2, 0.25) is 0 Å². The van der Waals surface area contributed by atoms with E-state index in [4.69, 9.17) is 6.57 Å². The monoisotopic (exact) mass is 668 g/mol. The highest BCUT2D eigenvalue weighted by Crippen LogP contribution is 2.69. The maximum absolute atomic E-state index is 9.34. The molecule has 4 aliphatic carbocycles. The molecule has 4 aromatic rings. The zero-order chi connectivity index (χ0) is 31.5. The van der Waals surface area contributed by atoms with E-state index in [2.05, 4.69) is 35.2 Å². The van der Waals surface area contributed by atoms with Gasteiger partial charge in [0, 0.05) is 49.8 Å². The lowest BCUT2D eigenvalue weighted by Crippen LogP contribution is -2.34. The zero-order valence-electron chi connectivity index (χ0n) is 25.1. The van der Waals surface area contributed by atoms with Crippen LogP contribution in [-0.2, 0) is 10.8 Å². The minimum Gasteiger partial charge on any atom is -0.227 e. The van der Waals surface area contributed by atoms with Gasteiger partial charge in [-0.25, -0.2) is 10.1 Å². The maximum atomic E-state index is 9.34. The van der Waals surface area contributed by atoms with Crippen molar-refractivity contribution >= 4 is 69.1 Å². The van der Waals surface area contributed by atoms with Gasteiger partial charge in [0.25, 0.3) is 5.70 Å². The second-order valence-electron chi connectivity index (χ2n) is 12.7. The molecule has 0 saturated heterocycles. The normalized spacial score (nSPS) is 18.5. The van der Waals surface area contributed by atoms with Gasteiger partial charge in [0.15, 0.2) is 0 Å². The standard InChI is InChI=1S/C38H28N4S4/c1-42-24(22-41)17-26-8-10-29(43-26)27-18-32-33(37(27)12-4-2-5-13-37)34-36(46-32)35-28(38(34)14-6-3-7-15-38)19-31(45-35)30-11-9-25(44-30)16-23(20-39)21-40/h8-11,16-19H,2-7,12-15H2/b24-17-. The summed E-state index contributed by atoms with van der Waals surface area (Å²) in [7, 11) is 0. The first kappa shape index (κ1) is 29.4. The third-order valence-electron chi connectivity index (χ3n) is 10.4. The van der Waals surface area contributed by atoms with Crippen molar-refractivity contribution in [2.75, 3.05) is 0 Å². The Hall–Kier alpha value is -4.02. The molecule has 0 aromatic carbocycles. The highest BCUT2D eigenvalue weighted by atomic mass is 32.1. The average Bonchev–Trinajstić information content (AvgIpc) is 3.93. The average molecular weight is 669 g/mol. The van der Waals surface area contributed by atoms with E-state index in [9.17, 15) is 15.8 Å². The van der Waals surface area contributed by atoms with Gasteiger partial charge in [-0.3, -0.25) is 0 Å². The summed E-state index contributed by atoms with van der Waals surface area (Å²) in [5, 5.41) is 27.8. The van der Waals surface area contributed by atoms with Gasteiger partial charge in [-0.1, -0.05) is 38.5 Å². The molecule has 2 fully saturated rings. The highest BCUT2D eigenvalue weighted by Gasteiger charge is 2.55. The van der Waals surface area contributed by atoms with E-state index < -0.39 is 0 Å². The van der Waals surface area contributed by atoms with Crippen molar-refractivity contribution in [2.45, 2.75) is 75.0 Å². The minimum atomic E-state index is 0.0248. The number of nitriles is 3. The van der Waals surface area contributed by atoms with Crippen LogP contribution in [0.4, 0.5) is 0 Å². The Morgan fingerprint density at radius 3 is 2.02 bits per heavy atom. The van der Waals surface area contributed by atoms with E-state index in [1.165, 1.54) is 105 Å². The predicted molar refractivity (Wildman–Crippen MR) is 191 cm³/mol. The van der Waals surface area contributed by atoms with Gasteiger partial charge in [0.1, 0.15) is 17.7 Å². The van der Waals surface area contributed by atoms with E-state index in [-0.39, 0.29) is 22.1 Å². The molecule has 8 rings (SSSR count). The fourth-order valence-electron chi connectivity index (χ4n) is 8.47. The minimum absolute atomic E-state index is 0.0248. The summed E-state index contributed by atoms with van der Waals surface area (Å²) in [6.07, 6.45) is 18.2. The lowest BCUT2D eigenvalue weighted by Gasteiger charge is -2.42. The molecule has 224 valence electrons. The van der Waals surface area contributed by atoms with Crippen LogP contribution in [0.15, 0.2) is 41.6 Å². The molecule has 0 aliphatic heterocycles. The molecular weight excluding hydrogens is 641 g/mol. The van der Waals surface area contributed by atoms with E-state index in [1.807, 2.05) is 46.9 Å². The molecular formula is C38H28N4S4. The third-order valence-corrected chi connectivity index (χ3v) is 15.1. The van der Waals surface area contributed by atoms with Crippen LogP contribution in [0.25, 0.3) is 48.2 Å². The second kappa shape index (κ2) is 11.3. The Labute approximate surface area is 285 Å². The molecule has 0 radical (unpaired) electrons. The smallest absolute Gasteiger partial charge is 0.227 e. The Morgan fingerprint density at radius 1 is 0.696 bits per heavy atom. The quantitative estimate of drug-likeness (QED) is 0.160. The van der Waals surface area contributed by atoms with Crippen LogP contribution in [0, 0.1) is 40.6 Å². The maximum Gasteiger partial charge on any atom is 0.263 e. The van der Waals surface area contributed by atoms with Crippen molar-refractivity contribution < 1.29 is 0 Å². The number of rotatable bonds is 4. The van der Waals surface area contributed by atoms with Crippen LogP contribution in [0.3, 0.4) is 0 Å². The predicted octanol–water partition coefficient (Wildman–Crippen LogP) is 11.8. The van der Waals surface area contributed by atoms with E-state index >= 15 is 0 Å². The van der Waals surface area contributed by atoms with Gasteiger partial charge in [-0.05, 0) is 96.5 Å². The Kier molecular flexibility index (Phi) is 7.25. The van der Waals surface area contributed by atoms with Crippen LogP contribution in [0.5, 0.6) is 0 Å². The highest BCUT2D eigenvalue weighted by molar-refractivity contribution is 7.27. The van der Waals surface area contributed by atoms with Crippen LogP contribution in [0.1, 0.15) is 100 Å². The zero-order valence-corrected chi connectivity index (χ0v) is 28.4. The molecule has 2 saturated carbocycles. The largest absolute Gasteiger partial charge is 0.263 e. The van der Waals surface area contributed by atoms with Gasteiger partial charge >= 0.3 is 0 Å². The summed E-state index contributed by atoms with van der Waals surface area (Å²) < 4.78 is 0. The molecule has 46 heavy (non-hydrogen) atoms. The molecule has 8 heteroatoms. The second-order valence-corrected chi connectivity index (χ2v) is 17.0. The number of allylic oxidation sites excluding steroid dienone is 3. The van der Waals surface area contributed by atoms with Crippen molar-refractivity contribution in [1.82, 2.24) is 0 Å². The number of thiophene rings is 4. The molecule has 0 bridgehead atoms. The molecule has 4 aliphatic rings. The third kappa shape index (κ3) is 4.36. The molecule has 2 spiro atoms. The summed E-state index contributed by atoms with van der Waals surface area (Å²) in [4.78, 5) is 13.4. The Morgan fingerprint density at radius 2 is 1.35 bits per heavy atom. The molecule has 4 nitrogen and oxygen atoms in total. The van der Waals surface area contributed by atoms with E-state index in [1.54, 1.807) is 46.0 Å². The fourth-order valence-corrected chi connectivity index (χ4v) is 13.4. The first-order valence-electron chi connectivity index (χ1n) is 15.8. The fraction of sp³-hybridized carbons (Fsp3) is 0.316. The Bertz CT molecular complexity index is 2140. The van der Waals surface area contributed by atoms with Gasteiger partial charge in [0.05, 0.1) is 12.6 Å². The molecule has 0 atom stereocenters. The van der Waals surface area contributed by atoms with Gasteiger partial charge < -0.3 is 0 Å². The van der Waals surface area contributed by atoms with E-state index in [0.29, 0.717) is 0 Å². The summed E-state index contributed by atoms with van der Waals surface area (Å²) >= 11 is 7.30. The number of hydrogen-bond acceptors (Lipinski definition) is 7.